The van der Waals surface area contributed by atoms with E-state index in [0.717, 1.165) is 28.4 Å². The van der Waals surface area contributed by atoms with Gasteiger partial charge in [0.15, 0.2) is 0 Å². The van der Waals surface area contributed by atoms with Crippen molar-refractivity contribution in [1.82, 2.24) is 4.98 Å². The van der Waals surface area contributed by atoms with Gasteiger partial charge in [0.05, 0.1) is 10.7 Å². The van der Waals surface area contributed by atoms with E-state index in [-0.39, 0.29) is 32.2 Å². The molecule has 1 atom stereocenters. The molecule has 0 saturated carbocycles. The van der Waals surface area contributed by atoms with Gasteiger partial charge in [0.1, 0.15) is 0 Å². The second-order valence-electron chi connectivity index (χ2n) is 10.5. The van der Waals surface area contributed by atoms with Gasteiger partial charge in [0.25, 0.3) is 0 Å². The summed E-state index contributed by atoms with van der Waals surface area (Å²) < 4.78 is 0. The molecule has 1 radical (unpaired) electrons. The molecule has 43 heavy (non-hydrogen) atoms. The fourth-order valence-electron chi connectivity index (χ4n) is 4.15. The van der Waals surface area contributed by atoms with Gasteiger partial charge < -0.3 is 21.3 Å². The molecule has 7 heteroatoms. The standard InChI is InChI=1S/C30H33N2S.3C2H6N.Zr/c1-6-22-15-17-23(18-16-22)27-19-33-30(31-27)28(24-11-8-7-9-12-24)32-29-25(20(2)3)13-10-14-26(29)21(4)5;3*1-3-2;/h7-21,28H,6H2,1-5H3;3*1-2H3;/q4*-1;+3. The third-order valence-corrected chi connectivity index (χ3v) is 7.03. The van der Waals surface area contributed by atoms with Gasteiger partial charge in [-0.1, -0.05) is 124 Å². The molecule has 4 rings (SSSR count). The summed E-state index contributed by atoms with van der Waals surface area (Å²) in [5.74, 6) is 0.811. The first-order chi connectivity index (χ1) is 20.2. The van der Waals surface area contributed by atoms with Crippen LogP contribution >= 0.6 is 11.3 Å². The molecule has 0 fully saturated rings. The predicted octanol–water partition coefficient (Wildman–Crippen LogP) is 11.3. The second kappa shape index (κ2) is 23.3. The topological polar surface area (TPSA) is 69.3 Å². The monoisotopic (exact) mass is 675 g/mol. The Kier molecular flexibility index (Phi) is 22.1. The molecule has 1 unspecified atom stereocenters. The molecule has 0 saturated heterocycles. The van der Waals surface area contributed by atoms with Gasteiger partial charge in [-0.25, -0.2) is 4.98 Å². The zero-order valence-corrected chi connectivity index (χ0v) is 31.4. The van der Waals surface area contributed by atoms with Crippen LogP contribution in [0.2, 0.25) is 0 Å². The number of hydrogen-bond donors (Lipinski definition) is 0. The van der Waals surface area contributed by atoms with Crippen LogP contribution in [-0.2, 0) is 32.6 Å². The van der Waals surface area contributed by atoms with Crippen molar-refractivity contribution in [3.05, 3.63) is 127 Å². The Bertz CT molecular complexity index is 1210. The van der Waals surface area contributed by atoms with Gasteiger partial charge in [-0.2, -0.15) is 42.3 Å². The van der Waals surface area contributed by atoms with Crippen LogP contribution < -0.4 is 0 Å². The number of thiazole rings is 1. The van der Waals surface area contributed by atoms with Gasteiger partial charge in [-0.05, 0) is 29.9 Å². The van der Waals surface area contributed by atoms with Crippen LogP contribution in [0.1, 0.15) is 79.8 Å². The zero-order valence-electron chi connectivity index (χ0n) is 28.1. The first kappa shape index (κ1) is 40.9. The molecule has 1 aromatic heterocycles. The van der Waals surface area contributed by atoms with E-state index in [1.54, 1.807) is 53.6 Å². The van der Waals surface area contributed by atoms with E-state index >= 15 is 0 Å². The summed E-state index contributed by atoms with van der Waals surface area (Å²) in [6, 6.07) is 25.8. The number of benzene rings is 3. The normalized spacial score (nSPS) is 10.7. The van der Waals surface area contributed by atoms with Crippen LogP contribution in [0.15, 0.2) is 78.2 Å². The van der Waals surface area contributed by atoms with Crippen molar-refractivity contribution < 1.29 is 26.2 Å². The molecule has 0 spiro atoms. The van der Waals surface area contributed by atoms with Crippen LogP contribution in [0.25, 0.3) is 32.5 Å². The number of rotatable bonds is 8. The average Bonchev–Trinajstić information content (AvgIpc) is 3.47. The van der Waals surface area contributed by atoms with E-state index in [9.17, 15) is 0 Å². The summed E-state index contributed by atoms with van der Waals surface area (Å²) in [5, 5.41) is 19.1. The summed E-state index contributed by atoms with van der Waals surface area (Å²) in [6.07, 6.45) is 1.05. The largest absolute Gasteiger partial charge is 3.00 e. The Hall–Kier alpha value is -2.15. The van der Waals surface area contributed by atoms with E-state index in [1.807, 2.05) is 0 Å². The average molecular weight is 677 g/mol. The summed E-state index contributed by atoms with van der Waals surface area (Å²) in [5.41, 5.74) is 8.43. The van der Waals surface area contributed by atoms with Gasteiger partial charge in [0.2, 0.25) is 0 Å². The van der Waals surface area contributed by atoms with E-state index in [1.165, 1.54) is 22.3 Å². The van der Waals surface area contributed by atoms with Crippen molar-refractivity contribution in [2.45, 2.75) is 58.9 Å². The van der Waals surface area contributed by atoms with Gasteiger partial charge in [-0.15, -0.1) is 17.0 Å². The molecule has 4 aromatic rings. The molecule has 0 N–H and O–H groups in total. The Balaban J connectivity index is 0.00000157. The SMILES string of the molecule is CCc1ccc(-c2csc(C([N-]c3c(C(C)C)cccc3C(C)C)c3ccccc3)n2)cc1.C[N-]C.C[N-]C.C[N-]C.[Zr+3]. The fourth-order valence-corrected chi connectivity index (χ4v) is 5.04. The summed E-state index contributed by atoms with van der Waals surface area (Å²) in [6.45, 7) is 11.2. The van der Waals surface area contributed by atoms with E-state index in [0.29, 0.717) is 11.8 Å². The van der Waals surface area contributed by atoms with Gasteiger partial charge >= 0.3 is 26.2 Å². The molecule has 0 aliphatic rings. The fraction of sp³-hybridized carbons (Fsp3) is 0.417. The molecular formula is C36H51N5SZr-. The predicted molar refractivity (Wildman–Crippen MR) is 188 cm³/mol. The summed E-state index contributed by atoms with van der Waals surface area (Å²) in [4.78, 5) is 5.08. The first-order valence-corrected chi connectivity index (χ1v) is 15.5. The Morgan fingerprint density at radius 1 is 0.674 bits per heavy atom. The van der Waals surface area contributed by atoms with E-state index in [2.05, 4.69) is 129 Å². The molecule has 3 aromatic carbocycles. The van der Waals surface area contributed by atoms with E-state index < -0.39 is 0 Å². The van der Waals surface area contributed by atoms with Gasteiger partial charge in [0, 0.05) is 10.9 Å². The molecule has 231 valence electrons. The molecule has 0 bridgehead atoms. The quantitative estimate of drug-likeness (QED) is 0.183. The molecule has 1 heterocycles. The number of aromatic nitrogens is 1. The van der Waals surface area contributed by atoms with Crippen molar-refractivity contribution in [1.29, 1.82) is 0 Å². The minimum atomic E-state index is -0.128. The van der Waals surface area contributed by atoms with Crippen molar-refractivity contribution in [2.24, 2.45) is 0 Å². The molecule has 0 aliphatic carbocycles. The number of aryl methyl sites for hydroxylation is 1. The second-order valence-corrected chi connectivity index (χ2v) is 11.4. The number of hydrogen-bond acceptors (Lipinski definition) is 2. The van der Waals surface area contributed by atoms with Crippen molar-refractivity contribution in [2.75, 3.05) is 42.3 Å². The third-order valence-electron chi connectivity index (χ3n) is 6.13. The minimum absolute atomic E-state index is 0. The van der Waals surface area contributed by atoms with Gasteiger partial charge in [-0.3, -0.25) is 0 Å². The Labute approximate surface area is 285 Å². The minimum Gasteiger partial charge on any atom is -0.672 e. The molecule has 0 amide bonds. The van der Waals surface area contributed by atoms with Crippen molar-refractivity contribution in [3.63, 3.8) is 0 Å². The van der Waals surface area contributed by atoms with Crippen LogP contribution in [0.4, 0.5) is 5.69 Å². The van der Waals surface area contributed by atoms with Crippen molar-refractivity contribution >= 4 is 17.0 Å². The van der Waals surface area contributed by atoms with Crippen LogP contribution in [0.5, 0.6) is 0 Å². The summed E-state index contributed by atoms with van der Waals surface area (Å²) in [7, 11) is 10.5. The van der Waals surface area contributed by atoms with Crippen LogP contribution in [-0.4, -0.2) is 47.3 Å². The Morgan fingerprint density at radius 2 is 1.16 bits per heavy atom. The number of nitrogens with zero attached hydrogens (tertiary/aromatic N) is 5. The molecular weight excluding hydrogens is 626 g/mol. The maximum Gasteiger partial charge on any atom is 3.00 e. The third kappa shape index (κ3) is 13.6. The first-order valence-electron chi connectivity index (χ1n) is 14.6. The molecule has 5 nitrogen and oxygen atoms in total. The van der Waals surface area contributed by atoms with Crippen molar-refractivity contribution in [3.8, 4) is 11.3 Å². The van der Waals surface area contributed by atoms with E-state index in [4.69, 9.17) is 10.3 Å². The smallest absolute Gasteiger partial charge is 0.672 e. The van der Waals surface area contributed by atoms with Crippen LogP contribution in [0.3, 0.4) is 0 Å². The maximum atomic E-state index is 5.42. The molecule has 0 aliphatic heterocycles. The maximum absolute atomic E-state index is 5.42. The van der Waals surface area contributed by atoms with Crippen LogP contribution in [0, 0.1) is 0 Å². The Morgan fingerprint density at radius 3 is 1.60 bits per heavy atom. The zero-order chi connectivity index (χ0) is 31.5. The number of para-hydroxylation sites is 1. The summed E-state index contributed by atoms with van der Waals surface area (Å²) >= 11 is 1.70.